The van der Waals surface area contributed by atoms with Gasteiger partial charge in [-0.15, -0.1) is 0 Å². The second kappa shape index (κ2) is 5.99. The van der Waals surface area contributed by atoms with Crippen molar-refractivity contribution in [2.24, 2.45) is 5.92 Å². The summed E-state index contributed by atoms with van der Waals surface area (Å²) in [5.74, 6) is 0.300. The molecule has 1 rings (SSSR count). The predicted octanol–water partition coefficient (Wildman–Crippen LogP) is 1.16. The molecule has 1 fully saturated rings. The van der Waals surface area contributed by atoms with Gasteiger partial charge in [0.2, 0.25) is 11.8 Å². The molecule has 4 nitrogen and oxygen atoms in total. The summed E-state index contributed by atoms with van der Waals surface area (Å²) in [5, 5.41) is 3.32. The number of imide groups is 1. The van der Waals surface area contributed by atoms with Crippen molar-refractivity contribution >= 4 is 11.8 Å². The lowest BCUT2D eigenvalue weighted by atomic mass is 10.1. The molecular formula is C12H22N2O2. The molecule has 1 saturated heterocycles. The number of piperidine rings is 1. The monoisotopic (exact) mass is 226 g/mol. The maximum absolute atomic E-state index is 11.6. The number of amides is 2. The quantitative estimate of drug-likeness (QED) is 0.716. The van der Waals surface area contributed by atoms with E-state index in [1.54, 1.807) is 0 Å². The summed E-state index contributed by atoms with van der Waals surface area (Å²) in [6, 6.07) is 0.440. The van der Waals surface area contributed by atoms with Gasteiger partial charge in [0, 0.05) is 25.4 Å². The fourth-order valence-corrected chi connectivity index (χ4v) is 1.82. The summed E-state index contributed by atoms with van der Waals surface area (Å²) in [4.78, 5) is 24.6. The second-order valence-electron chi connectivity index (χ2n) is 4.92. The van der Waals surface area contributed by atoms with Crippen LogP contribution in [0.2, 0.25) is 0 Å². The predicted molar refractivity (Wildman–Crippen MR) is 62.9 cm³/mol. The van der Waals surface area contributed by atoms with Gasteiger partial charge in [-0.05, 0) is 18.9 Å². The van der Waals surface area contributed by atoms with Crippen LogP contribution in [0.1, 0.15) is 40.0 Å². The molecule has 1 N–H and O–H groups in total. The van der Waals surface area contributed by atoms with Crippen molar-refractivity contribution in [3.63, 3.8) is 0 Å². The summed E-state index contributed by atoms with van der Waals surface area (Å²) in [6.45, 7) is 7.63. The summed E-state index contributed by atoms with van der Waals surface area (Å²) >= 11 is 0. The van der Waals surface area contributed by atoms with E-state index in [-0.39, 0.29) is 11.8 Å². The van der Waals surface area contributed by atoms with Gasteiger partial charge in [-0.1, -0.05) is 20.8 Å². The average Bonchev–Trinajstić information content (AvgIpc) is 2.21. The fraction of sp³-hybridized carbons (Fsp3) is 0.833. The lowest BCUT2D eigenvalue weighted by Crippen LogP contribution is -2.44. The van der Waals surface area contributed by atoms with Gasteiger partial charge >= 0.3 is 0 Å². The molecule has 1 heterocycles. The largest absolute Gasteiger partial charge is 0.314 e. The highest BCUT2D eigenvalue weighted by Crippen LogP contribution is 2.13. The second-order valence-corrected chi connectivity index (χ2v) is 4.92. The third-order valence-corrected chi connectivity index (χ3v) is 2.75. The van der Waals surface area contributed by atoms with Gasteiger partial charge in [0.05, 0.1) is 0 Å². The molecule has 1 aliphatic rings. The summed E-state index contributed by atoms with van der Waals surface area (Å²) in [7, 11) is 0. The Morgan fingerprint density at radius 2 is 1.75 bits per heavy atom. The minimum atomic E-state index is -0.00681. The third-order valence-electron chi connectivity index (χ3n) is 2.75. The van der Waals surface area contributed by atoms with Crippen molar-refractivity contribution in [2.45, 2.75) is 46.1 Å². The molecule has 0 saturated carbocycles. The maximum Gasteiger partial charge on any atom is 0.229 e. The zero-order chi connectivity index (χ0) is 12.1. The van der Waals surface area contributed by atoms with E-state index in [2.05, 4.69) is 26.1 Å². The van der Waals surface area contributed by atoms with Gasteiger partial charge in [-0.25, -0.2) is 0 Å². The number of nitrogens with one attached hydrogen (secondary N) is 1. The van der Waals surface area contributed by atoms with Crippen LogP contribution in [0, 0.1) is 5.92 Å². The highest BCUT2D eigenvalue weighted by atomic mass is 16.2. The van der Waals surface area contributed by atoms with Crippen molar-refractivity contribution in [3.05, 3.63) is 0 Å². The Balaban J connectivity index is 2.39. The molecule has 0 aliphatic carbocycles. The van der Waals surface area contributed by atoms with E-state index in [0.717, 1.165) is 6.54 Å². The molecule has 4 heteroatoms. The van der Waals surface area contributed by atoms with Gasteiger partial charge in [-0.3, -0.25) is 14.5 Å². The Kier molecular flexibility index (Phi) is 4.93. The topological polar surface area (TPSA) is 49.4 Å². The van der Waals surface area contributed by atoms with Crippen LogP contribution in [0.3, 0.4) is 0 Å². The van der Waals surface area contributed by atoms with Crippen LogP contribution < -0.4 is 5.32 Å². The lowest BCUT2D eigenvalue weighted by Gasteiger charge is -2.28. The number of carbonyl (C=O) groups is 2. The molecule has 0 spiro atoms. The summed E-state index contributed by atoms with van der Waals surface area (Å²) in [6.07, 6.45) is 1.76. The van der Waals surface area contributed by atoms with Crippen molar-refractivity contribution in [1.82, 2.24) is 10.2 Å². The van der Waals surface area contributed by atoms with Crippen molar-refractivity contribution in [1.29, 1.82) is 0 Å². The zero-order valence-corrected chi connectivity index (χ0v) is 10.5. The van der Waals surface area contributed by atoms with Crippen LogP contribution >= 0.6 is 0 Å². The van der Waals surface area contributed by atoms with Crippen LogP contribution in [0.15, 0.2) is 0 Å². The number of likely N-dealkylation sites (tertiary alicyclic amines) is 1. The molecular weight excluding hydrogens is 204 g/mol. The molecule has 1 aliphatic heterocycles. The van der Waals surface area contributed by atoms with Crippen LogP contribution in [-0.2, 0) is 9.59 Å². The van der Waals surface area contributed by atoms with Crippen molar-refractivity contribution in [3.8, 4) is 0 Å². The lowest BCUT2D eigenvalue weighted by molar-refractivity contribution is -0.148. The molecule has 1 atom stereocenters. The Morgan fingerprint density at radius 3 is 2.25 bits per heavy atom. The van der Waals surface area contributed by atoms with Crippen molar-refractivity contribution < 1.29 is 9.59 Å². The van der Waals surface area contributed by atoms with Crippen LogP contribution in [0.5, 0.6) is 0 Å². The number of hydrogen-bond donors (Lipinski definition) is 1. The molecule has 0 aromatic rings. The van der Waals surface area contributed by atoms with Gasteiger partial charge in [-0.2, -0.15) is 0 Å². The number of carbonyl (C=O) groups excluding carboxylic acids is 2. The zero-order valence-electron chi connectivity index (χ0n) is 10.5. The van der Waals surface area contributed by atoms with E-state index in [4.69, 9.17) is 0 Å². The first-order chi connectivity index (χ1) is 7.50. The standard InChI is InChI=1S/C12H22N2O2/c1-9(2)13-7-10(3)8-14-11(15)5-4-6-12(14)16/h9-10,13H,4-8H2,1-3H3. The van der Waals surface area contributed by atoms with Gasteiger partial charge in [0.15, 0.2) is 0 Å². The van der Waals surface area contributed by atoms with Crippen molar-refractivity contribution in [2.75, 3.05) is 13.1 Å². The maximum atomic E-state index is 11.6. The highest BCUT2D eigenvalue weighted by Gasteiger charge is 2.26. The Labute approximate surface area is 97.4 Å². The van der Waals surface area contributed by atoms with E-state index in [1.165, 1.54) is 4.90 Å². The summed E-state index contributed by atoms with van der Waals surface area (Å²) in [5.41, 5.74) is 0. The van der Waals surface area contributed by atoms with Crippen LogP contribution in [0.4, 0.5) is 0 Å². The molecule has 16 heavy (non-hydrogen) atoms. The Hall–Kier alpha value is -0.900. The Morgan fingerprint density at radius 1 is 1.19 bits per heavy atom. The smallest absolute Gasteiger partial charge is 0.229 e. The minimum Gasteiger partial charge on any atom is -0.314 e. The SMILES string of the molecule is CC(CNC(C)C)CN1C(=O)CCCC1=O. The van der Waals surface area contributed by atoms with Crippen LogP contribution in [0.25, 0.3) is 0 Å². The number of nitrogens with zero attached hydrogens (tertiary/aromatic N) is 1. The van der Waals surface area contributed by atoms with E-state index in [1.807, 2.05) is 0 Å². The highest BCUT2D eigenvalue weighted by molar-refractivity contribution is 5.97. The molecule has 0 bridgehead atoms. The number of hydrogen-bond acceptors (Lipinski definition) is 3. The fourth-order valence-electron chi connectivity index (χ4n) is 1.82. The number of rotatable bonds is 5. The minimum absolute atomic E-state index is 0.00681. The summed E-state index contributed by atoms with van der Waals surface area (Å²) < 4.78 is 0. The first kappa shape index (κ1) is 13.2. The first-order valence-electron chi connectivity index (χ1n) is 6.07. The van der Waals surface area contributed by atoms with Gasteiger partial charge < -0.3 is 5.32 Å². The molecule has 92 valence electrons. The average molecular weight is 226 g/mol. The molecule has 2 amide bonds. The van der Waals surface area contributed by atoms with Gasteiger partial charge in [0.25, 0.3) is 0 Å². The van der Waals surface area contributed by atoms with Gasteiger partial charge in [0.1, 0.15) is 0 Å². The van der Waals surface area contributed by atoms with E-state index in [9.17, 15) is 9.59 Å². The first-order valence-corrected chi connectivity index (χ1v) is 6.07. The third kappa shape index (κ3) is 3.93. The molecule has 0 aromatic heterocycles. The van der Waals surface area contributed by atoms with E-state index in [0.29, 0.717) is 37.8 Å². The Bertz CT molecular complexity index is 248. The van der Waals surface area contributed by atoms with E-state index < -0.39 is 0 Å². The molecule has 0 radical (unpaired) electrons. The van der Waals surface area contributed by atoms with E-state index >= 15 is 0 Å². The molecule has 0 aromatic carbocycles. The van der Waals surface area contributed by atoms with Crippen LogP contribution in [-0.4, -0.2) is 35.8 Å². The molecule has 1 unspecified atom stereocenters. The normalized spacial score (nSPS) is 19.4.